The van der Waals surface area contributed by atoms with Crippen molar-refractivity contribution in [2.24, 2.45) is 5.92 Å². The Morgan fingerprint density at radius 1 is 1.67 bits per heavy atom. The van der Waals surface area contributed by atoms with Crippen molar-refractivity contribution in [1.82, 2.24) is 10.3 Å². The third-order valence-corrected chi connectivity index (χ3v) is 3.67. The SMILES string of the molecule is Cc1csc(CCNCC2CCOC2)n1. The second-order valence-corrected chi connectivity index (χ2v) is 5.01. The van der Waals surface area contributed by atoms with Gasteiger partial charge in [-0.15, -0.1) is 11.3 Å². The second-order valence-electron chi connectivity index (χ2n) is 4.07. The van der Waals surface area contributed by atoms with Crippen LogP contribution in [-0.2, 0) is 11.2 Å². The van der Waals surface area contributed by atoms with Crippen molar-refractivity contribution in [3.8, 4) is 0 Å². The topological polar surface area (TPSA) is 34.1 Å². The largest absolute Gasteiger partial charge is 0.381 e. The van der Waals surface area contributed by atoms with Gasteiger partial charge in [0.1, 0.15) is 0 Å². The average Bonchev–Trinajstić information content (AvgIpc) is 2.84. The van der Waals surface area contributed by atoms with Gasteiger partial charge in [0.2, 0.25) is 0 Å². The summed E-state index contributed by atoms with van der Waals surface area (Å²) in [4.78, 5) is 4.43. The van der Waals surface area contributed by atoms with Crippen LogP contribution in [0.4, 0.5) is 0 Å². The molecule has 3 nitrogen and oxygen atoms in total. The highest BCUT2D eigenvalue weighted by Crippen LogP contribution is 2.11. The molecule has 2 heterocycles. The number of aromatic nitrogens is 1. The highest BCUT2D eigenvalue weighted by Gasteiger charge is 2.14. The lowest BCUT2D eigenvalue weighted by Crippen LogP contribution is -2.25. The molecular formula is C11H18N2OS. The molecule has 0 aromatic carbocycles. The van der Waals surface area contributed by atoms with E-state index in [-0.39, 0.29) is 0 Å². The Kier molecular flexibility index (Phi) is 4.11. The van der Waals surface area contributed by atoms with Gasteiger partial charge in [-0.05, 0) is 19.3 Å². The summed E-state index contributed by atoms with van der Waals surface area (Å²) in [5.41, 5.74) is 1.14. The summed E-state index contributed by atoms with van der Waals surface area (Å²) >= 11 is 1.76. The van der Waals surface area contributed by atoms with E-state index in [1.54, 1.807) is 11.3 Å². The van der Waals surface area contributed by atoms with Gasteiger partial charge in [0.05, 0.1) is 11.6 Å². The first-order valence-electron chi connectivity index (χ1n) is 5.54. The minimum atomic E-state index is 0.725. The lowest BCUT2D eigenvalue weighted by atomic mass is 10.1. The molecule has 1 fully saturated rings. The van der Waals surface area contributed by atoms with Crippen LogP contribution in [0.15, 0.2) is 5.38 Å². The summed E-state index contributed by atoms with van der Waals surface area (Å²) in [6, 6.07) is 0. The summed E-state index contributed by atoms with van der Waals surface area (Å²) in [7, 11) is 0. The number of thiazole rings is 1. The fraction of sp³-hybridized carbons (Fsp3) is 0.727. The van der Waals surface area contributed by atoms with Crippen LogP contribution >= 0.6 is 11.3 Å². The Hall–Kier alpha value is -0.450. The molecule has 1 unspecified atom stereocenters. The molecule has 15 heavy (non-hydrogen) atoms. The number of hydrogen-bond donors (Lipinski definition) is 1. The van der Waals surface area contributed by atoms with Crippen molar-refractivity contribution in [2.75, 3.05) is 26.3 Å². The van der Waals surface area contributed by atoms with E-state index in [0.29, 0.717) is 0 Å². The molecule has 0 aliphatic carbocycles. The average molecular weight is 226 g/mol. The maximum absolute atomic E-state index is 5.33. The smallest absolute Gasteiger partial charge is 0.0940 e. The van der Waals surface area contributed by atoms with Crippen LogP contribution in [0.2, 0.25) is 0 Å². The van der Waals surface area contributed by atoms with E-state index in [1.807, 2.05) is 6.92 Å². The van der Waals surface area contributed by atoms with Gasteiger partial charge >= 0.3 is 0 Å². The van der Waals surface area contributed by atoms with Gasteiger partial charge in [0, 0.05) is 37.2 Å². The minimum Gasteiger partial charge on any atom is -0.381 e. The van der Waals surface area contributed by atoms with Crippen LogP contribution in [0, 0.1) is 12.8 Å². The van der Waals surface area contributed by atoms with Crippen molar-refractivity contribution >= 4 is 11.3 Å². The molecule has 1 N–H and O–H groups in total. The molecule has 0 saturated carbocycles. The highest BCUT2D eigenvalue weighted by atomic mass is 32.1. The summed E-state index contributed by atoms with van der Waals surface area (Å²) < 4.78 is 5.33. The first kappa shape index (κ1) is 11.0. The minimum absolute atomic E-state index is 0.725. The standard InChI is InChI=1S/C11H18N2OS/c1-9-8-15-11(13-9)2-4-12-6-10-3-5-14-7-10/h8,10,12H,2-7H2,1H3. The number of rotatable bonds is 5. The summed E-state index contributed by atoms with van der Waals surface area (Å²) in [5.74, 6) is 0.725. The van der Waals surface area contributed by atoms with Gasteiger partial charge in [-0.3, -0.25) is 0 Å². The maximum atomic E-state index is 5.33. The molecule has 0 amide bonds. The van der Waals surface area contributed by atoms with Crippen LogP contribution in [0.3, 0.4) is 0 Å². The fourth-order valence-corrected chi connectivity index (χ4v) is 2.54. The Morgan fingerprint density at radius 3 is 3.27 bits per heavy atom. The van der Waals surface area contributed by atoms with Crippen LogP contribution in [0.25, 0.3) is 0 Å². The molecule has 1 aromatic heterocycles. The number of hydrogen-bond acceptors (Lipinski definition) is 4. The quantitative estimate of drug-likeness (QED) is 0.775. The molecule has 0 spiro atoms. The molecule has 1 aliphatic heterocycles. The van der Waals surface area contributed by atoms with E-state index in [1.165, 1.54) is 11.4 Å². The predicted octanol–water partition coefficient (Wildman–Crippen LogP) is 1.62. The van der Waals surface area contributed by atoms with Crippen molar-refractivity contribution in [3.05, 3.63) is 16.1 Å². The molecule has 4 heteroatoms. The van der Waals surface area contributed by atoms with E-state index in [9.17, 15) is 0 Å². The van der Waals surface area contributed by atoms with E-state index in [2.05, 4.69) is 15.7 Å². The summed E-state index contributed by atoms with van der Waals surface area (Å²) in [6.45, 7) is 6.04. The zero-order valence-electron chi connectivity index (χ0n) is 9.16. The van der Waals surface area contributed by atoms with E-state index in [4.69, 9.17) is 4.74 Å². The molecule has 84 valence electrons. The number of nitrogens with zero attached hydrogens (tertiary/aromatic N) is 1. The third-order valence-electron chi connectivity index (χ3n) is 2.64. The highest BCUT2D eigenvalue weighted by molar-refractivity contribution is 7.09. The molecule has 1 aromatic rings. The Bertz CT molecular complexity index is 295. The Morgan fingerprint density at radius 2 is 2.60 bits per heavy atom. The fourth-order valence-electron chi connectivity index (χ4n) is 1.76. The summed E-state index contributed by atoms with van der Waals surface area (Å²) in [5, 5.41) is 6.82. The monoisotopic (exact) mass is 226 g/mol. The Labute approximate surface area is 94.9 Å². The number of aryl methyl sites for hydroxylation is 1. The van der Waals surface area contributed by atoms with Crippen LogP contribution in [0.5, 0.6) is 0 Å². The molecule has 0 radical (unpaired) electrons. The van der Waals surface area contributed by atoms with Crippen LogP contribution in [0.1, 0.15) is 17.1 Å². The van der Waals surface area contributed by atoms with Crippen LogP contribution in [-0.4, -0.2) is 31.3 Å². The van der Waals surface area contributed by atoms with Crippen LogP contribution < -0.4 is 5.32 Å². The zero-order chi connectivity index (χ0) is 10.5. The van der Waals surface area contributed by atoms with Gasteiger partial charge < -0.3 is 10.1 Å². The van der Waals surface area contributed by atoms with E-state index in [0.717, 1.165) is 44.3 Å². The van der Waals surface area contributed by atoms with Gasteiger partial charge in [-0.2, -0.15) is 0 Å². The molecular weight excluding hydrogens is 208 g/mol. The normalized spacial score (nSPS) is 21.0. The lowest BCUT2D eigenvalue weighted by molar-refractivity contribution is 0.185. The van der Waals surface area contributed by atoms with Gasteiger partial charge in [-0.25, -0.2) is 4.98 Å². The molecule has 0 bridgehead atoms. The number of ether oxygens (including phenoxy) is 1. The molecule has 1 aliphatic rings. The first-order chi connectivity index (χ1) is 7.34. The number of nitrogens with one attached hydrogen (secondary N) is 1. The first-order valence-corrected chi connectivity index (χ1v) is 6.42. The van der Waals surface area contributed by atoms with E-state index >= 15 is 0 Å². The van der Waals surface area contributed by atoms with Gasteiger partial charge in [0.15, 0.2) is 0 Å². The van der Waals surface area contributed by atoms with Crippen molar-refractivity contribution in [3.63, 3.8) is 0 Å². The van der Waals surface area contributed by atoms with Gasteiger partial charge in [-0.1, -0.05) is 0 Å². The predicted molar refractivity (Wildman–Crippen MR) is 62.4 cm³/mol. The lowest BCUT2D eigenvalue weighted by Gasteiger charge is -2.07. The van der Waals surface area contributed by atoms with Crippen molar-refractivity contribution in [1.29, 1.82) is 0 Å². The maximum Gasteiger partial charge on any atom is 0.0940 e. The zero-order valence-corrected chi connectivity index (χ0v) is 9.98. The third kappa shape index (κ3) is 3.55. The van der Waals surface area contributed by atoms with Gasteiger partial charge in [0.25, 0.3) is 0 Å². The molecule has 2 rings (SSSR count). The van der Waals surface area contributed by atoms with E-state index < -0.39 is 0 Å². The summed E-state index contributed by atoms with van der Waals surface area (Å²) in [6.07, 6.45) is 2.26. The second kappa shape index (κ2) is 5.58. The van der Waals surface area contributed by atoms with Crippen molar-refractivity contribution in [2.45, 2.75) is 19.8 Å². The van der Waals surface area contributed by atoms with Crippen molar-refractivity contribution < 1.29 is 4.74 Å². The Balaban J connectivity index is 1.58. The molecule has 1 saturated heterocycles. The molecule has 1 atom stereocenters.